The minimum Gasteiger partial charge on any atom is -0.452 e. The number of amides is 1. The van der Waals surface area contributed by atoms with Crippen molar-refractivity contribution >= 4 is 27.8 Å². The van der Waals surface area contributed by atoms with E-state index in [4.69, 9.17) is 4.74 Å². The fourth-order valence-corrected chi connectivity index (χ4v) is 2.80. The van der Waals surface area contributed by atoms with Crippen molar-refractivity contribution in [3.8, 4) is 0 Å². The third-order valence-corrected chi connectivity index (χ3v) is 4.06. The maximum Gasteiger partial charge on any atom is 0.338 e. The Labute approximate surface area is 144 Å². The first-order valence-electron chi connectivity index (χ1n) is 7.25. The maximum atomic E-state index is 11.9. The first kappa shape index (κ1) is 17.2. The van der Waals surface area contributed by atoms with Crippen LogP contribution in [0.2, 0.25) is 0 Å². The molecule has 5 heteroatoms. The number of esters is 1. The van der Waals surface area contributed by atoms with E-state index >= 15 is 0 Å². The maximum absolute atomic E-state index is 11.9. The molecule has 2 rings (SSSR count). The van der Waals surface area contributed by atoms with Crippen molar-refractivity contribution in [3.05, 3.63) is 69.7 Å². The number of hydrogen-bond donors (Lipinski definition) is 1. The summed E-state index contributed by atoms with van der Waals surface area (Å²) >= 11 is 3.45. The van der Waals surface area contributed by atoms with Crippen LogP contribution in [0.4, 0.5) is 0 Å². The summed E-state index contributed by atoms with van der Waals surface area (Å²) in [5.74, 6) is -0.841. The monoisotopic (exact) mass is 375 g/mol. The fraction of sp³-hybridized carbons (Fsp3) is 0.222. The number of carbonyl (C=O) groups is 2. The molecule has 0 spiro atoms. The van der Waals surface area contributed by atoms with E-state index in [1.165, 1.54) is 0 Å². The third-order valence-electron chi connectivity index (χ3n) is 3.34. The molecule has 0 aromatic heterocycles. The van der Waals surface area contributed by atoms with Gasteiger partial charge in [-0.05, 0) is 37.6 Å². The highest BCUT2D eigenvalue weighted by Crippen LogP contribution is 2.22. The van der Waals surface area contributed by atoms with Crippen molar-refractivity contribution in [2.45, 2.75) is 19.9 Å². The van der Waals surface area contributed by atoms with Gasteiger partial charge in [0.2, 0.25) is 0 Å². The molecule has 23 heavy (non-hydrogen) atoms. The molecule has 0 saturated heterocycles. The van der Waals surface area contributed by atoms with Gasteiger partial charge < -0.3 is 10.1 Å². The average molecular weight is 376 g/mol. The van der Waals surface area contributed by atoms with Crippen LogP contribution in [0.25, 0.3) is 0 Å². The summed E-state index contributed by atoms with van der Waals surface area (Å²) in [4.78, 5) is 23.8. The molecule has 0 saturated carbocycles. The van der Waals surface area contributed by atoms with Gasteiger partial charge in [-0.3, -0.25) is 4.79 Å². The summed E-state index contributed by atoms with van der Waals surface area (Å²) in [5, 5.41) is 2.81. The van der Waals surface area contributed by atoms with Crippen LogP contribution in [0.15, 0.2) is 53.0 Å². The van der Waals surface area contributed by atoms with Crippen molar-refractivity contribution < 1.29 is 14.3 Å². The second-order valence-electron chi connectivity index (χ2n) is 5.26. The Bertz CT molecular complexity index is 715. The van der Waals surface area contributed by atoms with Crippen LogP contribution >= 0.6 is 15.9 Å². The SMILES string of the molecule is Cc1cccc(C(=O)OCC(=O)N[C@H](C)c2ccccc2Br)c1. The highest BCUT2D eigenvalue weighted by molar-refractivity contribution is 9.10. The van der Waals surface area contributed by atoms with Crippen LogP contribution in [0.3, 0.4) is 0 Å². The molecule has 120 valence electrons. The van der Waals surface area contributed by atoms with E-state index in [-0.39, 0.29) is 18.6 Å². The number of carbonyl (C=O) groups excluding carboxylic acids is 2. The van der Waals surface area contributed by atoms with Crippen molar-refractivity contribution in [2.24, 2.45) is 0 Å². The van der Waals surface area contributed by atoms with Gasteiger partial charge in [0.15, 0.2) is 6.61 Å². The summed E-state index contributed by atoms with van der Waals surface area (Å²) in [7, 11) is 0. The van der Waals surface area contributed by atoms with Gasteiger partial charge >= 0.3 is 5.97 Å². The number of halogens is 1. The van der Waals surface area contributed by atoms with Gasteiger partial charge in [-0.1, -0.05) is 51.8 Å². The molecule has 4 nitrogen and oxygen atoms in total. The van der Waals surface area contributed by atoms with Crippen LogP contribution in [-0.2, 0) is 9.53 Å². The summed E-state index contributed by atoms with van der Waals surface area (Å²) in [6, 6.07) is 14.5. The molecular weight excluding hydrogens is 358 g/mol. The van der Waals surface area contributed by atoms with Crippen molar-refractivity contribution in [1.29, 1.82) is 0 Å². The lowest BCUT2D eigenvalue weighted by molar-refractivity contribution is -0.124. The van der Waals surface area contributed by atoms with Gasteiger partial charge in [0.05, 0.1) is 11.6 Å². The second kappa shape index (κ2) is 7.92. The predicted octanol–water partition coefficient (Wildman–Crippen LogP) is 3.79. The van der Waals surface area contributed by atoms with Crippen molar-refractivity contribution in [3.63, 3.8) is 0 Å². The van der Waals surface area contributed by atoms with Crippen molar-refractivity contribution in [1.82, 2.24) is 5.32 Å². The molecule has 0 aliphatic rings. The Morgan fingerprint density at radius 1 is 1.17 bits per heavy atom. The summed E-state index contributed by atoms with van der Waals surface area (Å²) in [6.07, 6.45) is 0. The van der Waals surface area contributed by atoms with Crippen LogP contribution in [0.5, 0.6) is 0 Å². The van der Waals surface area contributed by atoms with E-state index in [0.29, 0.717) is 5.56 Å². The molecule has 1 atom stereocenters. The molecule has 0 bridgehead atoms. The second-order valence-corrected chi connectivity index (χ2v) is 6.11. The lowest BCUT2D eigenvalue weighted by Crippen LogP contribution is -2.31. The van der Waals surface area contributed by atoms with Crippen LogP contribution in [0.1, 0.15) is 34.5 Å². The molecule has 0 unspecified atom stereocenters. The molecule has 2 aromatic carbocycles. The number of aryl methyl sites for hydroxylation is 1. The first-order chi connectivity index (χ1) is 11.0. The summed E-state index contributed by atoms with van der Waals surface area (Å²) < 4.78 is 5.97. The molecule has 1 N–H and O–H groups in total. The highest BCUT2D eigenvalue weighted by Gasteiger charge is 2.14. The standard InChI is InChI=1S/C18H18BrNO3/c1-12-6-5-7-14(10-12)18(22)23-11-17(21)20-13(2)15-8-3-4-9-16(15)19/h3-10,13H,11H2,1-2H3,(H,20,21)/t13-/m1/s1. The first-order valence-corrected chi connectivity index (χ1v) is 8.04. The van der Waals surface area contributed by atoms with Crippen LogP contribution in [-0.4, -0.2) is 18.5 Å². The molecule has 0 aliphatic heterocycles. The smallest absolute Gasteiger partial charge is 0.338 e. The largest absolute Gasteiger partial charge is 0.452 e. The van der Waals surface area contributed by atoms with Crippen molar-refractivity contribution in [2.75, 3.05) is 6.61 Å². The molecule has 0 aliphatic carbocycles. The minimum absolute atomic E-state index is 0.184. The van der Waals surface area contributed by atoms with Gasteiger partial charge in [-0.2, -0.15) is 0 Å². The van der Waals surface area contributed by atoms with E-state index < -0.39 is 5.97 Å². The third kappa shape index (κ3) is 4.93. The zero-order valence-electron chi connectivity index (χ0n) is 13.0. The van der Waals surface area contributed by atoms with Crippen LogP contribution < -0.4 is 5.32 Å². The van der Waals surface area contributed by atoms with E-state index in [2.05, 4.69) is 21.2 Å². The Hall–Kier alpha value is -2.14. The molecule has 1 amide bonds. The van der Waals surface area contributed by atoms with Gasteiger partial charge in [0.1, 0.15) is 0 Å². The lowest BCUT2D eigenvalue weighted by atomic mass is 10.1. The summed E-state index contributed by atoms with van der Waals surface area (Å²) in [5.41, 5.74) is 2.37. The molecule has 0 fully saturated rings. The quantitative estimate of drug-likeness (QED) is 0.808. The predicted molar refractivity (Wildman–Crippen MR) is 92.2 cm³/mol. The Kier molecular flexibility index (Phi) is 5.93. The number of rotatable bonds is 5. The Morgan fingerprint density at radius 2 is 1.91 bits per heavy atom. The number of ether oxygens (including phenoxy) is 1. The minimum atomic E-state index is -0.502. The molecular formula is C18H18BrNO3. The van der Waals surface area contributed by atoms with Gasteiger partial charge in [0.25, 0.3) is 5.91 Å². The van der Waals surface area contributed by atoms with E-state index in [9.17, 15) is 9.59 Å². The zero-order chi connectivity index (χ0) is 16.8. The van der Waals surface area contributed by atoms with Gasteiger partial charge in [-0.25, -0.2) is 4.79 Å². The fourth-order valence-electron chi connectivity index (χ4n) is 2.17. The van der Waals surface area contributed by atoms with E-state index in [1.54, 1.807) is 18.2 Å². The zero-order valence-corrected chi connectivity index (χ0v) is 14.6. The number of nitrogens with one attached hydrogen (secondary N) is 1. The normalized spacial score (nSPS) is 11.6. The lowest BCUT2D eigenvalue weighted by Gasteiger charge is -2.15. The van der Waals surface area contributed by atoms with Gasteiger partial charge in [0, 0.05) is 4.47 Å². The van der Waals surface area contributed by atoms with E-state index in [0.717, 1.165) is 15.6 Å². The molecule has 0 radical (unpaired) electrons. The highest BCUT2D eigenvalue weighted by atomic mass is 79.9. The van der Waals surface area contributed by atoms with Crippen LogP contribution in [0, 0.1) is 6.92 Å². The summed E-state index contributed by atoms with van der Waals surface area (Å²) in [6.45, 7) is 3.46. The topological polar surface area (TPSA) is 55.4 Å². The van der Waals surface area contributed by atoms with E-state index in [1.807, 2.05) is 44.2 Å². The Morgan fingerprint density at radius 3 is 2.61 bits per heavy atom. The van der Waals surface area contributed by atoms with Gasteiger partial charge in [-0.15, -0.1) is 0 Å². The average Bonchev–Trinajstić information content (AvgIpc) is 2.53. The molecule has 0 heterocycles. The molecule has 2 aromatic rings. The number of hydrogen-bond acceptors (Lipinski definition) is 3. The number of benzene rings is 2. The Balaban J connectivity index is 1.88.